The van der Waals surface area contributed by atoms with Crippen molar-refractivity contribution >= 4 is 21.4 Å². The molecule has 1 rings (SSSR count). The van der Waals surface area contributed by atoms with Gasteiger partial charge in [0.15, 0.2) is 0 Å². The van der Waals surface area contributed by atoms with Gasteiger partial charge in [-0.1, -0.05) is 0 Å². The molecule has 0 spiro atoms. The lowest BCUT2D eigenvalue weighted by molar-refractivity contribution is 0.204. The average molecular weight is 264 g/mol. The van der Waals surface area contributed by atoms with E-state index in [-0.39, 0.29) is 6.54 Å². The van der Waals surface area contributed by atoms with Crippen LogP contribution in [0.3, 0.4) is 0 Å². The molecule has 16 heavy (non-hydrogen) atoms. The van der Waals surface area contributed by atoms with Crippen LogP contribution in [0.2, 0.25) is 0 Å². The second-order valence-corrected chi connectivity index (χ2v) is 6.30. The monoisotopic (exact) mass is 264 g/mol. The Morgan fingerprint density at radius 3 is 2.75 bits per heavy atom. The fourth-order valence-electron chi connectivity index (χ4n) is 1.25. The smallest absolute Gasteiger partial charge is 0.241 e. The molecular formula is C9H16N2O3S2. The molecule has 0 atom stereocenters. The highest BCUT2D eigenvalue weighted by Gasteiger charge is 2.18. The summed E-state index contributed by atoms with van der Waals surface area (Å²) in [6.07, 6.45) is 0. The highest BCUT2D eigenvalue weighted by molar-refractivity contribution is 7.89. The maximum absolute atomic E-state index is 11.9. The maximum atomic E-state index is 11.9. The summed E-state index contributed by atoms with van der Waals surface area (Å²) in [4.78, 5) is 1.93. The van der Waals surface area contributed by atoms with Gasteiger partial charge in [-0.05, 0) is 13.0 Å². The normalized spacial score (nSPS) is 11.9. The molecule has 3 N–H and O–H groups in total. The van der Waals surface area contributed by atoms with Crippen molar-refractivity contribution in [2.45, 2.75) is 18.4 Å². The van der Waals surface area contributed by atoms with Gasteiger partial charge >= 0.3 is 0 Å². The number of hydrogen-bond acceptors (Lipinski definition) is 5. The van der Waals surface area contributed by atoms with E-state index in [1.54, 1.807) is 13.0 Å². The van der Waals surface area contributed by atoms with E-state index in [9.17, 15) is 8.42 Å². The highest BCUT2D eigenvalue weighted by atomic mass is 32.2. The summed E-state index contributed by atoms with van der Waals surface area (Å²) in [6, 6.07) is 1.62. The molecule has 1 aromatic rings. The minimum atomic E-state index is -3.43. The quantitative estimate of drug-likeness (QED) is 0.731. The average Bonchev–Trinajstić information content (AvgIpc) is 2.60. The molecule has 0 radical (unpaired) electrons. The highest BCUT2D eigenvalue weighted by Crippen LogP contribution is 2.24. The predicted octanol–water partition coefficient (Wildman–Crippen LogP) is 0.440. The van der Waals surface area contributed by atoms with Crippen molar-refractivity contribution < 1.29 is 13.2 Å². The number of nitrogens with two attached hydrogens (primary N) is 1. The second kappa shape index (κ2) is 5.74. The van der Waals surface area contributed by atoms with E-state index >= 15 is 0 Å². The molecule has 0 unspecified atom stereocenters. The number of thiophene rings is 1. The molecule has 5 nitrogen and oxygen atoms in total. The zero-order valence-corrected chi connectivity index (χ0v) is 11.0. The van der Waals surface area contributed by atoms with Crippen LogP contribution in [0.1, 0.15) is 9.75 Å². The van der Waals surface area contributed by atoms with Crippen molar-refractivity contribution in [2.24, 2.45) is 5.73 Å². The lowest BCUT2D eigenvalue weighted by Gasteiger charge is -2.04. The largest absolute Gasteiger partial charge is 0.383 e. The van der Waals surface area contributed by atoms with E-state index in [1.165, 1.54) is 18.4 Å². The van der Waals surface area contributed by atoms with Crippen LogP contribution in [0.4, 0.5) is 0 Å². The van der Waals surface area contributed by atoms with Crippen LogP contribution in [-0.4, -0.2) is 28.7 Å². The van der Waals surface area contributed by atoms with E-state index in [1.807, 2.05) is 0 Å². The lowest BCUT2D eigenvalue weighted by Crippen LogP contribution is -2.27. The molecule has 0 aromatic carbocycles. The van der Waals surface area contributed by atoms with Gasteiger partial charge in [-0.25, -0.2) is 13.1 Å². The van der Waals surface area contributed by atoms with Crippen LogP contribution < -0.4 is 10.5 Å². The number of aryl methyl sites for hydroxylation is 1. The Kier molecular flexibility index (Phi) is 4.88. The van der Waals surface area contributed by atoms with Gasteiger partial charge in [0.1, 0.15) is 0 Å². The van der Waals surface area contributed by atoms with Gasteiger partial charge in [0.25, 0.3) is 0 Å². The van der Waals surface area contributed by atoms with Crippen LogP contribution in [0.25, 0.3) is 0 Å². The third kappa shape index (κ3) is 3.26. The maximum Gasteiger partial charge on any atom is 0.241 e. The molecule has 1 heterocycles. The van der Waals surface area contributed by atoms with Crippen LogP contribution in [-0.2, 0) is 21.3 Å². The molecule has 7 heteroatoms. The number of hydrogen-bond donors (Lipinski definition) is 2. The molecule has 0 aliphatic heterocycles. The Balaban J connectivity index is 2.85. The summed E-state index contributed by atoms with van der Waals surface area (Å²) < 4.78 is 31.0. The summed E-state index contributed by atoms with van der Waals surface area (Å²) in [5.41, 5.74) is 5.47. The van der Waals surface area contributed by atoms with E-state index in [4.69, 9.17) is 10.5 Å². The molecule has 92 valence electrons. The van der Waals surface area contributed by atoms with Crippen LogP contribution in [0.15, 0.2) is 11.0 Å². The molecule has 0 aliphatic carbocycles. The van der Waals surface area contributed by atoms with Crippen LogP contribution in [0.5, 0.6) is 0 Å². The molecule has 1 aromatic heterocycles. The van der Waals surface area contributed by atoms with Gasteiger partial charge < -0.3 is 10.5 Å². The first-order chi connectivity index (χ1) is 7.51. The summed E-state index contributed by atoms with van der Waals surface area (Å²) in [5.74, 6) is 0. The third-order valence-electron chi connectivity index (χ3n) is 2.01. The van der Waals surface area contributed by atoms with Crippen LogP contribution in [0, 0.1) is 6.92 Å². The Morgan fingerprint density at radius 2 is 2.25 bits per heavy atom. The number of rotatable bonds is 6. The fraction of sp³-hybridized carbons (Fsp3) is 0.556. The first-order valence-electron chi connectivity index (χ1n) is 4.79. The number of methoxy groups -OCH3 is 1. The Morgan fingerprint density at radius 1 is 1.56 bits per heavy atom. The van der Waals surface area contributed by atoms with Crippen molar-refractivity contribution in [3.63, 3.8) is 0 Å². The zero-order chi connectivity index (χ0) is 12.2. The molecule has 0 saturated carbocycles. The Labute approximate surface area is 99.7 Å². The first kappa shape index (κ1) is 13.6. The van der Waals surface area contributed by atoms with E-state index in [0.29, 0.717) is 18.0 Å². The molecule has 0 bridgehead atoms. The predicted molar refractivity (Wildman–Crippen MR) is 64.0 cm³/mol. The topological polar surface area (TPSA) is 81.4 Å². The Bertz CT molecular complexity index is 440. The molecule has 0 fully saturated rings. The van der Waals surface area contributed by atoms with Gasteiger partial charge in [-0.2, -0.15) is 0 Å². The number of sulfonamides is 1. The minimum absolute atomic E-state index is 0.270. The van der Waals surface area contributed by atoms with Crippen molar-refractivity contribution in [1.29, 1.82) is 0 Å². The summed E-state index contributed by atoms with van der Waals surface area (Å²) in [7, 11) is -1.90. The summed E-state index contributed by atoms with van der Waals surface area (Å²) >= 11 is 1.41. The van der Waals surface area contributed by atoms with Crippen molar-refractivity contribution in [1.82, 2.24) is 4.72 Å². The number of ether oxygens (including phenoxy) is 1. The van der Waals surface area contributed by atoms with Gasteiger partial charge in [0.2, 0.25) is 10.0 Å². The van der Waals surface area contributed by atoms with Gasteiger partial charge in [-0.15, -0.1) is 11.3 Å². The second-order valence-electron chi connectivity index (χ2n) is 3.23. The first-order valence-corrected chi connectivity index (χ1v) is 7.09. The van der Waals surface area contributed by atoms with E-state index < -0.39 is 10.0 Å². The summed E-state index contributed by atoms with van der Waals surface area (Å²) in [5, 5.41) is 0. The molecule has 0 amide bonds. The van der Waals surface area contributed by atoms with Gasteiger partial charge in [0, 0.05) is 30.0 Å². The fourth-order valence-corrected chi connectivity index (χ4v) is 3.77. The molecular weight excluding hydrogens is 248 g/mol. The van der Waals surface area contributed by atoms with Crippen molar-refractivity contribution in [3.05, 3.63) is 15.8 Å². The van der Waals surface area contributed by atoms with E-state index in [0.717, 1.165) is 9.75 Å². The summed E-state index contributed by atoms with van der Waals surface area (Å²) in [6.45, 7) is 2.76. The molecule has 0 aliphatic rings. The van der Waals surface area contributed by atoms with Crippen molar-refractivity contribution in [3.8, 4) is 0 Å². The standard InChI is InChI=1S/C9H16N2O3S2/c1-7-9(5-8(6-10)15-7)16(12,13)11-3-4-14-2/h5,11H,3-4,6,10H2,1-2H3. The SMILES string of the molecule is COCCNS(=O)(=O)c1cc(CN)sc1C. The minimum Gasteiger partial charge on any atom is -0.383 e. The Hall–Kier alpha value is -0.470. The molecule has 0 saturated heterocycles. The zero-order valence-electron chi connectivity index (χ0n) is 9.32. The van der Waals surface area contributed by atoms with E-state index in [2.05, 4.69) is 4.72 Å². The van der Waals surface area contributed by atoms with Gasteiger partial charge in [-0.3, -0.25) is 0 Å². The van der Waals surface area contributed by atoms with Gasteiger partial charge in [0.05, 0.1) is 11.5 Å². The van der Waals surface area contributed by atoms with Crippen LogP contribution >= 0.6 is 11.3 Å². The number of nitrogens with one attached hydrogen (secondary N) is 1. The third-order valence-corrected chi connectivity index (χ3v) is 4.80. The lowest BCUT2D eigenvalue weighted by atomic mass is 10.4. The van der Waals surface area contributed by atoms with Crippen molar-refractivity contribution in [2.75, 3.05) is 20.3 Å².